The van der Waals surface area contributed by atoms with Crippen LogP contribution < -0.4 is 21.5 Å². The Hall–Kier alpha value is -2.83. The zero-order chi connectivity index (χ0) is 16.7. The molecule has 2 aromatic heterocycles. The Morgan fingerprint density at radius 1 is 1.22 bits per heavy atom. The van der Waals surface area contributed by atoms with Crippen LogP contribution in [0.5, 0.6) is 0 Å². The van der Waals surface area contributed by atoms with Gasteiger partial charge in [-0.3, -0.25) is 4.79 Å². The Morgan fingerprint density at radius 2 is 2.04 bits per heavy atom. The zero-order valence-electron chi connectivity index (χ0n) is 13.3. The smallest absolute Gasteiger partial charge is 0.315 e. The summed E-state index contributed by atoms with van der Waals surface area (Å²) in [6.07, 6.45) is 1.70. The summed E-state index contributed by atoms with van der Waals surface area (Å²) in [4.78, 5) is 30.4. The molecule has 4 N–H and O–H groups in total. The summed E-state index contributed by atoms with van der Waals surface area (Å²) in [7, 11) is 0. The van der Waals surface area contributed by atoms with Gasteiger partial charge in [-0.2, -0.15) is 0 Å². The van der Waals surface area contributed by atoms with Crippen LogP contribution in [0.15, 0.2) is 35.3 Å². The second kappa shape index (κ2) is 7.98. The Morgan fingerprint density at radius 3 is 2.74 bits per heavy atom. The molecule has 0 unspecified atom stereocenters. The van der Waals surface area contributed by atoms with Gasteiger partial charge in [0, 0.05) is 30.5 Å². The molecule has 0 saturated carbocycles. The SMILES string of the molecule is Cc1cc(C)c(CNC(=O)NCCNc2ccccn2)c(=O)[nH]1. The molecular formula is C16H21N5O2. The van der Waals surface area contributed by atoms with E-state index in [1.807, 2.05) is 38.1 Å². The maximum Gasteiger partial charge on any atom is 0.315 e. The minimum absolute atomic E-state index is 0.167. The number of aromatic amines is 1. The van der Waals surface area contributed by atoms with Crippen molar-refractivity contribution in [1.82, 2.24) is 20.6 Å². The highest BCUT2D eigenvalue weighted by atomic mass is 16.2. The van der Waals surface area contributed by atoms with Crippen LogP contribution in [0.4, 0.5) is 10.6 Å². The number of aromatic nitrogens is 2. The molecule has 122 valence electrons. The van der Waals surface area contributed by atoms with Crippen molar-refractivity contribution in [2.45, 2.75) is 20.4 Å². The third-order valence-electron chi connectivity index (χ3n) is 3.30. The summed E-state index contributed by atoms with van der Waals surface area (Å²) in [5, 5.41) is 8.50. The van der Waals surface area contributed by atoms with Crippen LogP contribution in [-0.4, -0.2) is 29.1 Å². The molecule has 23 heavy (non-hydrogen) atoms. The second-order valence-electron chi connectivity index (χ2n) is 5.19. The molecule has 0 saturated heterocycles. The van der Waals surface area contributed by atoms with Crippen LogP contribution in [-0.2, 0) is 6.54 Å². The Balaban J connectivity index is 1.72. The molecule has 0 spiro atoms. The monoisotopic (exact) mass is 315 g/mol. The van der Waals surface area contributed by atoms with Gasteiger partial charge in [0.15, 0.2) is 0 Å². The summed E-state index contributed by atoms with van der Waals surface area (Å²) in [5.41, 5.74) is 2.07. The largest absolute Gasteiger partial charge is 0.368 e. The first kappa shape index (κ1) is 16.5. The van der Waals surface area contributed by atoms with Crippen molar-refractivity contribution in [3.8, 4) is 0 Å². The summed E-state index contributed by atoms with van der Waals surface area (Å²) in [5.74, 6) is 0.761. The lowest BCUT2D eigenvalue weighted by molar-refractivity contribution is 0.241. The number of amides is 2. The predicted octanol–water partition coefficient (Wildman–Crippen LogP) is 1.30. The molecule has 7 heteroatoms. The number of rotatable bonds is 6. The van der Waals surface area contributed by atoms with Crippen LogP contribution in [0.25, 0.3) is 0 Å². The molecule has 0 radical (unpaired) electrons. The van der Waals surface area contributed by atoms with Crippen molar-refractivity contribution < 1.29 is 4.79 Å². The lowest BCUT2D eigenvalue weighted by atomic mass is 10.1. The van der Waals surface area contributed by atoms with E-state index in [1.54, 1.807) is 6.20 Å². The minimum Gasteiger partial charge on any atom is -0.368 e. The van der Waals surface area contributed by atoms with Crippen LogP contribution in [0.1, 0.15) is 16.8 Å². The van der Waals surface area contributed by atoms with Crippen LogP contribution in [0.2, 0.25) is 0 Å². The molecule has 0 bridgehead atoms. The number of H-pyrrole nitrogens is 1. The Labute approximate surface area is 134 Å². The molecule has 0 fully saturated rings. The lowest BCUT2D eigenvalue weighted by Crippen LogP contribution is -2.38. The van der Waals surface area contributed by atoms with Crippen molar-refractivity contribution in [3.05, 3.63) is 57.6 Å². The normalized spacial score (nSPS) is 10.2. The number of nitrogens with zero attached hydrogens (tertiary/aromatic N) is 1. The van der Waals surface area contributed by atoms with E-state index in [0.29, 0.717) is 18.7 Å². The molecule has 0 aliphatic carbocycles. The lowest BCUT2D eigenvalue weighted by Gasteiger charge is -2.10. The van der Waals surface area contributed by atoms with E-state index in [1.165, 1.54) is 0 Å². The summed E-state index contributed by atoms with van der Waals surface area (Å²) in [6.45, 7) is 4.89. The Kier molecular flexibility index (Phi) is 5.74. The summed E-state index contributed by atoms with van der Waals surface area (Å²) in [6, 6.07) is 7.15. The first-order valence-corrected chi connectivity index (χ1v) is 7.42. The number of urea groups is 1. The maximum absolute atomic E-state index is 11.8. The molecule has 0 atom stereocenters. The van der Waals surface area contributed by atoms with Gasteiger partial charge in [-0.15, -0.1) is 0 Å². The van der Waals surface area contributed by atoms with E-state index in [9.17, 15) is 9.59 Å². The molecule has 2 aromatic rings. The van der Waals surface area contributed by atoms with E-state index < -0.39 is 0 Å². The third-order valence-corrected chi connectivity index (χ3v) is 3.30. The molecule has 0 aliphatic rings. The van der Waals surface area contributed by atoms with Gasteiger partial charge in [-0.1, -0.05) is 6.07 Å². The first-order chi connectivity index (χ1) is 11.1. The van der Waals surface area contributed by atoms with Crippen LogP contribution in [0, 0.1) is 13.8 Å². The number of pyridine rings is 2. The van der Waals surface area contributed by atoms with Gasteiger partial charge in [0.05, 0.1) is 6.54 Å². The fourth-order valence-corrected chi connectivity index (χ4v) is 2.17. The number of carbonyl (C=O) groups excluding carboxylic acids is 1. The standard InChI is InChI=1S/C16H21N5O2/c1-11-9-12(2)21-15(22)13(11)10-20-16(23)19-8-7-18-14-5-3-4-6-17-14/h3-6,9H,7-8,10H2,1-2H3,(H,17,18)(H,21,22)(H2,19,20,23). The van der Waals surface area contributed by atoms with Gasteiger partial charge < -0.3 is 20.9 Å². The van der Waals surface area contributed by atoms with E-state index in [0.717, 1.165) is 17.1 Å². The van der Waals surface area contributed by atoms with Gasteiger partial charge in [-0.25, -0.2) is 9.78 Å². The molecule has 2 heterocycles. The number of aryl methyl sites for hydroxylation is 2. The first-order valence-electron chi connectivity index (χ1n) is 7.42. The quantitative estimate of drug-likeness (QED) is 0.604. The van der Waals surface area contributed by atoms with Crippen molar-refractivity contribution in [1.29, 1.82) is 0 Å². The molecule has 2 rings (SSSR count). The number of nitrogens with one attached hydrogen (secondary N) is 4. The highest BCUT2D eigenvalue weighted by molar-refractivity contribution is 5.73. The fraction of sp³-hybridized carbons (Fsp3) is 0.312. The average molecular weight is 315 g/mol. The highest BCUT2D eigenvalue weighted by Gasteiger charge is 2.07. The van der Waals surface area contributed by atoms with Crippen molar-refractivity contribution in [2.75, 3.05) is 18.4 Å². The number of hydrogen-bond donors (Lipinski definition) is 4. The van der Waals surface area contributed by atoms with E-state index in [-0.39, 0.29) is 18.1 Å². The predicted molar refractivity (Wildman–Crippen MR) is 89.5 cm³/mol. The minimum atomic E-state index is -0.313. The van der Waals surface area contributed by atoms with E-state index >= 15 is 0 Å². The fourth-order valence-electron chi connectivity index (χ4n) is 2.17. The molecule has 0 aromatic carbocycles. The summed E-state index contributed by atoms with van der Waals surface area (Å²) < 4.78 is 0. The van der Waals surface area contributed by atoms with E-state index in [2.05, 4.69) is 25.9 Å². The number of hydrogen-bond acceptors (Lipinski definition) is 4. The van der Waals surface area contributed by atoms with Gasteiger partial charge in [0.1, 0.15) is 5.82 Å². The van der Waals surface area contributed by atoms with Crippen molar-refractivity contribution in [3.63, 3.8) is 0 Å². The topological polar surface area (TPSA) is 98.9 Å². The van der Waals surface area contributed by atoms with Gasteiger partial charge in [-0.05, 0) is 37.6 Å². The second-order valence-corrected chi connectivity index (χ2v) is 5.19. The van der Waals surface area contributed by atoms with Gasteiger partial charge in [0.25, 0.3) is 5.56 Å². The summed E-state index contributed by atoms with van der Waals surface area (Å²) >= 11 is 0. The number of carbonyl (C=O) groups is 1. The highest BCUT2D eigenvalue weighted by Crippen LogP contribution is 2.02. The van der Waals surface area contributed by atoms with E-state index in [4.69, 9.17) is 0 Å². The number of anilines is 1. The molecule has 2 amide bonds. The van der Waals surface area contributed by atoms with Crippen LogP contribution in [0.3, 0.4) is 0 Å². The molecule has 7 nitrogen and oxygen atoms in total. The zero-order valence-corrected chi connectivity index (χ0v) is 13.3. The molecular weight excluding hydrogens is 294 g/mol. The third kappa shape index (κ3) is 5.14. The average Bonchev–Trinajstić information content (AvgIpc) is 2.51. The molecule has 0 aliphatic heterocycles. The Bertz CT molecular complexity index is 712. The maximum atomic E-state index is 11.8. The van der Waals surface area contributed by atoms with Gasteiger partial charge in [0.2, 0.25) is 0 Å². The van der Waals surface area contributed by atoms with Crippen LogP contribution >= 0.6 is 0 Å². The van der Waals surface area contributed by atoms with Crippen molar-refractivity contribution >= 4 is 11.8 Å². The van der Waals surface area contributed by atoms with Gasteiger partial charge >= 0.3 is 6.03 Å². The van der Waals surface area contributed by atoms with Crippen molar-refractivity contribution in [2.24, 2.45) is 0 Å².